The first kappa shape index (κ1) is 21.8. The predicted molar refractivity (Wildman–Crippen MR) is 124 cm³/mol. The van der Waals surface area contributed by atoms with Crippen molar-refractivity contribution in [2.75, 3.05) is 0 Å². The third-order valence-electron chi connectivity index (χ3n) is 4.27. The van der Waals surface area contributed by atoms with Crippen molar-refractivity contribution in [2.24, 2.45) is 0 Å². The monoisotopic (exact) mass is 434 g/mol. The fourth-order valence-corrected chi connectivity index (χ4v) is 3.95. The zero-order chi connectivity index (χ0) is 21.7. The van der Waals surface area contributed by atoms with E-state index in [0.717, 1.165) is 50.0 Å². The van der Waals surface area contributed by atoms with Gasteiger partial charge in [0.25, 0.3) is 0 Å². The van der Waals surface area contributed by atoms with Crippen molar-refractivity contribution in [2.45, 2.75) is 16.7 Å². The number of thioether (sulfide) groups is 2. The van der Waals surface area contributed by atoms with Gasteiger partial charge in [-0.15, -0.1) is 0 Å². The van der Waals surface area contributed by atoms with E-state index in [1.807, 2.05) is 30.3 Å². The lowest BCUT2D eigenvalue weighted by molar-refractivity contribution is -0.108. The van der Waals surface area contributed by atoms with Gasteiger partial charge in [0.15, 0.2) is 0 Å². The summed E-state index contributed by atoms with van der Waals surface area (Å²) in [5, 5.41) is -0.205. The summed E-state index contributed by atoms with van der Waals surface area (Å²) in [6, 6.07) is 19.7. The Labute approximate surface area is 183 Å². The third-order valence-corrected chi connectivity index (χ3v) is 6.18. The van der Waals surface area contributed by atoms with E-state index in [1.165, 1.54) is 12.1 Å². The first-order valence-electron chi connectivity index (χ1n) is 9.09. The quantitative estimate of drug-likeness (QED) is 0.304. The van der Waals surface area contributed by atoms with Crippen molar-refractivity contribution in [3.63, 3.8) is 0 Å². The van der Waals surface area contributed by atoms with E-state index < -0.39 is 0 Å². The van der Waals surface area contributed by atoms with Gasteiger partial charge in [-0.25, -0.2) is 4.39 Å². The first-order valence-corrected chi connectivity index (χ1v) is 10.7. The molecule has 2 nitrogen and oxygen atoms in total. The molecule has 0 aliphatic heterocycles. The van der Waals surface area contributed by atoms with Crippen LogP contribution in [-0.4, -0.2) is 10.2 Å². The second-order valence-corrected chi connectivity index (χ2v) is 8.66. The van der Waals surface area contributed by atoms with Gasteiger partial charge >= 0.3 is 0 Å². The van der Waals surface area contributed by atoms with Crippen LogP contribution in [0.1, 0.15) is 6.92 Å². The Morgan fingerprint density at radius 3 is 1.90 bits per heavy atom. The maximum atomic E-state index is 14.8. The average molecular weight is 435 g/mol. The summed E-state index contributed by atoms with van der Waals surface area (Å²) in [7, 11) is 0. The molecule has 0 aliphatic carbocycles. The minimum atomic E-state index is -0.328. The molecule has 0 heterocycles. The Morgan fingerprint density at radius 1 is 0.833 bits per heavy atom. The number of carbonyl (C=O) groups excluding carboxylic acids is 2. The number of hydrogen-bond acceptors (Lipinski definition) is 4. The largest absolute Gasteiger partial charge is 0.282 e. The summed E-state index contributed by atoms with van der Waals surface area (Å²) in [5.41, 5.74) is 3.33. The molecule has 3 aromatic carbocycles. The Hall–Kier alpha value is -2.89. The highest BCUT2D eigenvalue weighted by Crippen LogP contribution is 2.31. The second-order valence-electron chi connectivity index (χ2n) is 6.54. The van der Waals surface area contributed by atoms with Crippen molar-refractivity contribution in [1.82, 2.24) is 0 Å². The molecule has 0 atom stereocenters. The summed E-state index contributed by atoms with van der Waals surface area (Å²) in [6.07, 6.45) is 1.27. The minimum absolute atomic E-state index is 0.0865. The van der Waals surface area contributed by atoms with Crippen LogP contribution in [-0.2, 0) is 9.59 Å². The Morgan fingerprint density at radius 2 is 1.37 bits per heavy atom. The molecule has 0 bridgehead atoms. The van der Waals surface area contributed by atoms with Gasteiger partial charge in [0.1, 0.15) is 5.82 Å². The summed E-state index contributed by atoms with van der Waals surface area (Å²) < 4.78 is 14.8. The van der Waals surface area contributed by atoms with Crippen LogP contribution in [0.25, 0.3) is 22.3 Å². The number of rotatable bonds is 6. The van der Waals surface area contributed by atoms with Crippen LogP contribution in [0.15, 0.2) is 101 Å². The van der Waals surface area contributed by atoms with Crippen LogP contribution < -0.4 is 0 Å². The summed E-state index contributed by atoms with van der Waals surface area (Å²) in [4.78, 5) is 24.8. The van der Waals surface area contributed by atoms with E-state index in [4.69, 9.17) is 0 Å². The molecule has 3 rings (SSSR count). The van der Waals surface area contributed by atoms with Crippen LogP contribution >= 0.6 is 23.5 Å². The average Bonchev–Trinajstić information content (AvgIpc) is 2.74. The van der Waals surface area contributed by atoms with Crippen molar-refractivity contribution in [1.29, 1.82) is 0 Å². The molecule has 0 unspecified atom stereocenters. The lowest BCUT2D eigenvalue weighted by Crippen LogP contribution is -1.91. The Kier molecular flexibility index (Phi) is 7.08. The summed E-state index contributed by atoms with van der Waals surface area (Å²) in [6.45, 7) is 8.77. The molecule has 0 amide bonds. The molecule has 0 radical (unpaired) electrons. The maximum Gasteiger partial charge on any atom is 0.219 e. The highest BCUT2D eigenvalue weighted by Gasteiger charge is 2.10. The van der Waals surface area contributed by atoms with E-state index in [-0.39, 0.29) is 16.0 Å². The number of carbonyl (C=O) groups is 2. The number of halogens is 1. The first-order chi connectivity index (χ1) is 14.4. The van der Waals surface area contributed by atoms with Crippen LogP contribution in [0.2, 0.25) is 0 Å². The zero-order valence-electron chi connectivity index (χ0n) is 16.4. The normalized spacial score (nSPS) is 10.5. The van der Waals surface area contributed by atoms with E-state index in [0.29, 0.717) is 11.1 Å². The fraction of sp³-hybridized carbons (Fsp3) is 0.0400. The highest BCUT2D eigenvalue weighted by molar-refractivity contribution is 8.14. The van der Waals surface area contributed by atoms with Crippen molar-refractivity contribution < 1.29 is 14.0 Å². The maximum absolute atomic E-state index is 14.8. The van der Waals surface area contributed by atoms with Gasteiger partial charge in [-0.2, -0.15) is 0 Å². The molecule has 0 aromatic heterocycles. The molecule has 0 saturated carbocycles. The van der Waals surface area contributed by atoms with Gasteiger partial charge in [0.2, 0.25) is 10.2 Å². The smallest absolute Gasteiger partial charge is 0.219 e. The molecule has 150 valence electrons. The topological polar surface area (TPSA) is 34.1 Å². The molecule has 0 fully saturated rings. The van der Waals surface area contributed by atoms with Crippen LogP contribution in [0.3, 0.4) is 0 Å². The lowest BCUT2D eigenvalue weighted by atomic mass is 10.00. The molecule has 0 saturated heterocycles. The summed E-state index contributed by atoms with van der Waals surface area (Å²) >= 11 is 2.20. The van der Waals surface area contributed by atoms with Gasteiger partial charge < -0.3 is 0 Å². The number of benzene rings is 3. The van der Waals surface area contributed by atoms with Gasteiger partial charge in [-0.1, -0.05) is 49.6 Å². The predicted octanol–water partition coefficient (Wildman–Crippen LogP) is 7.16. The van der Waals surface area contributed by atoms with Crippen LogP contribution in [0, 0.1) is 5.82 Å². The molecule has 3 aromatic rings. The molecule has 5 heteroatoms. The third kappa shape index (κ3) is 5.38. The standard InChI is InChI=1S/C25H19FO2S2/c1-4-24(27)29-20-10-5-17(6-11-20)19-9-14-22(23(26)15-19)18-7-12-21(13-8-18)30-25(28)16(2)3/h4-15H,1-2H2,3H3. The minimum Gasteiger partial charge on any atom is -0.282 e. The molecule has 0 aliphatic rings. The second kappa shape index (κ2) is 9.74. The molecular formula is C25H19FO2S2. The van der Waals surface area contributed by atoms with E-state index >= 15 is 0 Å². The van der Waals surface area contributed by atoms with Gasteiger partial charge in [0.05, 0.1) is 0 Å². The molecule has 30 heavy (non-hydrogen) atoms. The Balaban J connectivity index is 1.78. The van der Waals surface area contributed by atoms with E-state index in [2.05, 4.69) is 13.2 Å². The van der Waals surface area contributed by atoms with Crippen LogP contribution in [0.5, 0.6) is 0 Å². The van der Waals surface area contributed by atoms with Crippen molar-refractivity contribution in [3.8, 4) is 22.3 Å². The SMILES string of the molecule is C=CC(=O)Sc1ccc(-c2ccc(-c3ccc(SC(=O)C(=C)C)cc3)c(F)c2)cc1. The van der Waals surface area contributed by atoms with Gasteiger partial charge in [0, 0.05) is 15.4 Å². The highest BCUT2D eigenvalue weighted by atomic mass is 32.2. The van der Waals surface area contributed by atoms with Gasteiger partial charge in [-0.05, 0) is 89.1 Å². The molecule has 0 spiro atoms. The lowest BCUT2D eigenvalue weighted by Gasteiger charge is -2.08. The van der Waals surface area contributed by atoms with Crippen molar-refractivity contribution in [3.05, 3.63) is 97.4 Å². The Bertz CT molecular complexity index is 1120. The summed E-state index contributed by atoms with van der Waals surface area (Å²) in [5.74, 6) is -0.328. The number of hydrogen-bond donors (Lipinski definition) is 0. The van der Waals surface area contributed by atoms with E-state index in [9.17, 15) is 14.0 Å². The zero-order valence-corrected chi connectivity index (χ0v) is 18.0. The van der Waals surface area contributed by atoms with E-state index in [1.54, 1.807) is 37.3 Å². The van der Waals surface area contributed by atoms with Gasteiger partial charge in [-0.3, -0.25) is 9.59 Å². The van der Waals surface area contributed by atoms with Crippen LogP contribution in [0.4, 0.5) is 4.39 Å². The molecular weight excluding hydrogens is 415 g/mol. The van der Waals surface area contributed by atoms with Crippen molar-refractivity contribution >= 4 is 33.8 Å². The molecule has 0 N–H and O–H groups in total. The fourth-order valence-electron chi connectivity index (χ4n) is 2.70.